The molecule has 10 nitrogen and oxygen atoms in total. The van der Waals surface area contributed by atoms with Crippen LogP contribution in [0.25, 0.3) is 0 Å². The van der Waals surface area contributed by atoms with Gasteiger partial charge in [0.25, 0.3) is 5.91 Å². The maximum Gasteiger partial charge on any atom is 0.408 e. The van der Waals surface area contributed by atoms with Crippen LogP contribution in [-0.4, -0.2) is 60.8 Å². The number of rotatable bonds is 14. The summed E-state index contributed by atoms with van der Waals surface area (Å²) in [4.78, 5) is 47.6. The van der Waals surface area contributed by atoms with Gasteiger partial charge in [-0.3, -0.25) is 9.59 Å². The molecule has 0 bridgehead atoms. The molecule has 0 radical (unpaired) electrons. The van der Waals surface area contributed by atoms with Crippen molar-refractivity contribution in [2.24, 2.45) is 11.7 Å². The Morgan fingerprint density at radius 1 is 1.05 bits per heavy atom. The fraction of sp³-hybridized carbons (Fsp3) is 0.407. The van der Waals surface area contributed by atoms with E-state index in [-0.39, 0.29) is 48.8 Å². The summed E-state index contributed by atoms with van der Waals surface area (Å²) in [5, 5.41) is 17.1. The van der Waals surface area contributed by atoms with E-state index in [9.17, 15) is 28.0 Å². The molecule has 1 aliphatic rings. The zero-order chi connectivity index (χ0) is 28.4. The van der Waals surface area contributed by atoms with E-state index in [4.69, 9.17) is 15.6 Å². The van der Waals surface area contributed by atoms with E-state index in [1.54, 1.807) is 12.1 Å². The highest BCUT2D eigenvalue weighted by molar-refractivity contribution is 5.88. The topological polar surface area (TPSA) is 160 Å². The second-order valence-corrected chi connectivity index (χ2v) is 9.38. The van der Waals surface area contributed by atoms with E-state index >= 15 is 0 Å². The lowest BCUT2D eigenvalue weighted by atomic mass is 9.95. The lowest BCUT2D eigenvalue weighted by molar-refractivity contribution is -0.128. The van der Waals surface area contributed by atoms with Crippen molar-refractivity contribution in [3.63, 3.8) is 0 Å². The minimum absolute atomic E-state index is 0.0731. The van der Waals surface area contributed by atoms with E-state index in [0.29, 0.717) is 25.9 Å². The number of aromatic carboxylic acids is 1. The number of carboxylic acids is 1. The van der Waals surface area contributed by atoms with E-state index in [1.807, 2.05) is 0 Å². The molecule has 1 aliphatic heterocycles. The molecule has 3 rings (SSSR count). The molecule has 1 saturated heterocycles. The molecule has 1 fully saturated rings. The zero-order valence-corrected chi connectivity index (χ0v) is 21.3. The lowest BCUT2D eigenvalue weighted by Gasteiger charge is -2.17. The first kappa shape index (κ1) is 29.5. The zero-order valence-electron chi connectivity index (χ0n) is 21.3. The summed E-state index contributed by atoms with van der Waals surface area (Å²) < 4.78 is 32.4. The van der Waals surface area contributed by atoms with Gasteiger partial charge in [0.2, 0.25) is 12.0 Å². The third kappa shape index (κ3) is 9.02. The van der Waals surface area contributed by atoms with Crippen LogP contribution < -0.4 is 21.7 Å². The fourth-order valence-corrected chi connectivity index (χ4v) is 4.26. The number of hydrogen-bond acceptors (Lipinski definition) is 6. The third-order valence-corrected chi connectivity index (χ3v) is 6.37. The van der Waals surface area contributed by atoms with Gasteiger partial charge in [-0.05, 0) is 79.6 Å². The Bertz CT molecular complexity index is 1180. The average molecular weight is 547 g/mol. The molecule has 210 valence electrons. The number of hydrogen-bond donors (Lipinski definition) is 5. The summed E-state index contributed by atoms with van der Waals surface area (Å²) in [6.45, 7) is 0.799. The highest BCUT2D eigenvalue weighted by atomic mass is 19.1. The molecule has 6 N–H and O–H groups in total. The summed E-state index contributed by atoms with van der Waals surface area (Å²) in [6, 6.07) is 8.71. The molecule has 3 atom stereocenters. The summed E-state index contributed by atoms with van der Waals surface area (Å²) in [5.74, 6) is -3.20. The quantitative estimate of drug-likeness (QED) is 0.226. The van der Waals surface area contributed by atoms with Crippen LogP contribution in [0.15, 0.2) is 42.5 Å². The number of nitrogens with two attached hydrogens (primary N) is 1. The van der Waals surface area contributed by atoms with Gasteiger partial charge in [-0.25, -0.2) is 18.4 Å². The largest absolute Gasteiger partial charge is 0.478 e. The second kappa shape index (κ2) is 14.2. The maximum atomic E-state index is 13.9. The number of cyclic esters (lactones) is 1. The van der Waals surface area contributed by atoms with Crippen LogP contribution in [0.5, 0.6) is 0 Å². The minimum atomic E-state index is -1.05. The first-order valence-electron chi connectivity index (χ1n) is 12.6. The summed E-state index contributed by atoms with van der Waals surface area (Å²) in [7, 11) is 0. The Hall–Kier alpha value is -4.06. The van der Waals surface area contributed by atoms with Crippen molar-refractivity contribution in [2.75, 3.05) is 19.6 Å². The standard InChI is InChI=1S/C27H32F2N4O6/c28-20-7-8-21(29)19(14-20)11-17(15-30)13-23(34)31-9-1-2-10-32-25(35)24-22(33-27(38)39-24)12-16-3-5-18(6-4-16)26(36)37/h3-8,14,17,22,24H,1-2,9-13,15,30H2,(H,31,34)(H,32,35)(H,33,38)(H,36,37). The number of carbonyl (C=O) groups excluding carboxylic acids is 3. The summed E-state index contributed by atoms with van der Waals surface area (Å²) in [6.07, 6.45) is -0.117. The van der Waals surface area contributed by atoms with Crippen LogP contribution in [0.1, 0.15) is 40.7 Å². The number of carbonyl (C=O) groups is 4. The Morgan fingerprint density at radius 3 is 2.41 bits per heavy atom. The van der Waals surface area contributed by atoms with Gasteiger partial charge in [-0.1, -0.05) is 12.1 Å². The van der Waals surface area contributed by atoms with E-state index in [0.717, 1.165) is 23.8 Å². The molecule has 39 heavy (non-hydrogen) atoms. The Labute approximate surface area is 224 Å². The van der Waals surface area contributed by atoms with Crippen molar-refractivity contribution in [1.82, 2.24) is 16.0 Å². The van der Waals surface area contributed by atoms with Crippen molar-refractivity contribution in [3.05, 3.63) is 70.8 Å². The molecule has 0 aliphatic carbocycles. The van der Waals surface area contributed by atoms with Gasteiger partial charge in [0.15, 0.2) is 0 Å². The van der Waals surface area contributed by atoms with Crippen molar-refractivity contribution in [1.29, 1.82) is 0 Å². The van der Waals surface area contributed by atoms with Crippen LogP contribution in [0, 0.1) is 17.6 Å². The van der Waals surface area contributed by atoms with Gasteiger partial charge < -0.3 is 31.5 Å². The van der Waals surface area contributed by atoms with Crippen molar-refractivity contribution >= 4 is 23.9 Å². The first-order valence-corrected chi connectivity index (χ1v) is 12.6. The number of ether oxygens (including phenoxy) is 1. The summed E-state index contributed by atoms with van der Waals surface area (Å²) >= 11 is 0. The first-order chi connectivity index (χ1) is 18.7. The molecule has 3 amide bonds. The minimum Gasteiger partial charge on any atom is -0.478 e. The normalized spacial score (nSPS) is 17.2. The molecule has 0 aromatic heterocycles. The number of carboxylic acid groups (broad SMARTS) is 1. The highest BCUT2D eigenvalue weighted by Crippen LogP contribution is 2.17. The van der Waals surface area contributed by atoms with Gasteiger partial charge in [0.05, 0.1) is 11.6 Å². The fourth-order valence-electron chi connectivity index (χ4n) is 4.26. The molecule has 2 aromatic rings. The Balaban J connectivity index is 1.35. The number of alkyl carbamates (subject to hydrolysis) is 1. The predicted molar refractivity (Wildman–Crippen MR) is 137 cm³/mol. The highest BCUT2D eigenvalue weighted by Gasteiger charge is 2.39. The van der Waals surface area contributed by atoms with Crippen molar-refractivity contribution in [3.8, 4) is 0 Å². The number of benzene rings is 2. The molecule has 2 aromatic carbocycles. The van der Waals surface area contributed by atoms with E-state index < -0.39 is 41.7 Å². The van der Waals surface area contributed by atoms with Gasteiger partial charge in [0.1, 0.15) is 11.6 Å². The van der Waals surface area contributed by atoms with Gasteiger partial charge in [-0.2, -0.15) is 0 Å². The SMILES string of the molecule is NCC(CC(=O)NCCCCNC(=O)C1OC(=O)NC1Cc1ccc(C(=O)O)cc1)Cc1cc(F)ccc1F. The van der Waals surface area contributed by atoms with Gasteiger partial charge in [0, 0.05) is 19.5 Å². The maximum absolute atomic E-state index is 13.9. The molecular formula is C27H32F2N4O6. The molecule has 0 saturated carbocycles. The van der Waals surface area contributed by atoms with Crippen molar-refractivity contribution < 1.29 is 37.8 Å². The third-order valence-electron chi connectivity index (χ3n) is 6.37. The number of halogens is 2. The lowest BCUT2D eigenvalue weighted by Crippen LogP contribution is -2.44. The molecule has 1 heterocycles. The molecule has 12 heteroatoms. The Morgan fingerprint density at radius 2 is 1.74 bits per heavy atom. The summed E-state index contributed by atoms with van der Waals surface area (Å²) in [5.41, 5.74) is 6.76. The van der Waals surface area contributed by atoms with Gasteiger partial charge >= 0.3 is 12.1 Å². The second-order valence-electron chi connectivity index (χ2n) is 9.38. The van der Waals surface area contributed by atoms with E-state index in [1.165, 1.54) is 12.1 Å². The predicted octanol–water partition coefficient (Wildman–Crippen LogP) is 1.90. The molecule has 3 unspecified atom stereocenters. The van der Waals surface area contributed by atoms with Crippen molar-refractivity contribution in [2.45, 2.75) is 44.2 Å². The number of unbranched alkanes of at least 4 members (excludes halogenated alkanes) is 1. The van der Waals surface area contributed by atoms with Crippen LogP contribution in [-0.2, 0) is 27.2 Å². The van der Waals surface area contributed by atoms with Crippen LogP contribution >= 0.6 is 0 Å². The monoisotopic (exact) mass is 546 g/mol. The average Bonchev–Trinajstić information content (AvgIpc) is 3.27. The van der Waals surface area contributed by atoms with Crippen LogP contribution in [0.3, 0.4) is 0 Å². The number of amides is 3. The smallest absolute Gasteiger partial charge is 0.408 e. The number of nitrogens with one attached hydrogen (secondary N) is 3. The Kier molecular flexibility index (Phi) is 10.7. The van der Waals surface area contributed by atoms with Crippen LogP contribution in [0.2, 0.25) is 0 Å². The van der Waals surface area contributed by atoms with Crippen LogP contribution in [0.4, 0.5) is 13.6 Å². The van der Waals surface area contributed by atoms with E-state index in [2.05, 4.69) is 16.0 Å². The molecule has 0 spiro atoms. The molecular weight excluding hydrogens is 514 g/mol. The van der Waals surface area contributed by atoms with Gasteiger partial charge in [-0.15, -0.1) is 0 Å².